The summed E-state index contributed by atoms with van der Waals surface area (Å²) in [5, 5.41) is 1.19. The van der Waals surface area contributed by atoms with Gasteiger partial charge in [0.15, 0.2) is 18.1 Å². The van der Waals surface area contributed by atoms with E-state index >= 15 is 0 Å². The van der Waals surface area contributed by atoms with Gasteiger partial charge in [0.25, 0.3) is 0 Å². The molecule has 0 saturated carbocycles. The number of aromatic nitrogens is 1. The highest BCUT2D eigenvalue weighted by atomic mass is 35.5. The average Bonchev–Trinajstić information content (AvgIpc) is 2.70. The molecule has 2 aromatic carbocycles. The summed E-state index contributed by atoms with van der Waals surface area (Å²) in [5.41, 5.74) is 1.82. The molecule has 6 nitrogen and oxygen atoms in total. The number of carbonyl (C=O) groups excluding carboxylic acids is 2. The molecular weight excluding hydrogens is 370 g/mol. The number of para-hydroxylation sites is 1. The van der Waals surface area contributed by atoms with Crippen LogP contribution in [0.2, 0.25) is 5.15 Å². The summed E-state index contributed by atoms with van der Waals surface area (Å²) >= 11 is 6.15. The molecule has 1 aromatic heterocycles. The van der Waals surface area contributed by atoms with Gasteiger partial charge in [-0.05, 0) is 30.3 Å². The fourth-order valence-electron chi connectivity index (χ4n) is 2.45. The van der Waals surface area contributed by atoms with Crippen molar-refractivity contribution >= 4 is 34.8 Å². The summed E-state index contributed by atoms with van der Waals surface area (Å²) in [6.45, 7) is -0.324. The first-order valence-electron chi connectivity index (χ1n) is 8.06. The number of hydrogen-bond acceptors (Lipinski definition) is 6. The topological polar surface area (TPSA) is 74.7 Å². The minimum Gasteiger partial charge on any atom is -0.493 e. The number of hydrogen-bond donors (Lipinski definition) is 0. The van der Waals surface area contributed by atoms with Crippen molar-refractivity contribution in [2.24, 2.45) is 0 Å². The number of ether oxygens (including phenoxy) is 3. The van der Waals surface area contributed by atoms with Gasteiger partial charge < -0.3 is 14.2 Å². The van der Waals surface area contributed by atoms with Crippen molar-refractivity contribution in [1.29, 1.82) is 0 Å². The first kappa shape index (κ1) is 18.7. The molecule has 0 N–H and O–H groups in total. The Labute approximate surface area is 160 Å². The summed E-state index contributed by atoms with van der Waals surface area (Å²) in [4.78, 5) is 27.1. The summed E-state index contributed by atoms with van der Waals surface area (Å²) in [6, 6.07) is 14.0. The van der Waals surface area contributed by atoms with E-state index in [0.717, 1.165) is 10.9 Å². The van der Waals surface area contributed by atoms with E-state index in [1.54, 1.807) is 12.1 Å². The van der Waals surface area contributed by atoms with Crippen LogP contribution in [0.25, 0.3) is 10.9 Å². The maximum atomic E-state index is 12.0. The molecule has 3 rings (SSSR count). The lowest BCUT2D eigenvalue weighted by atomic mass is 10.2. The van der Waals surface area contributed by atoms with Crippen LogP contribution in [-0.2, 0) is 16.1 Å². The van der Waals surface area contributed by atoms with Crippen LogP contribution in [0.5, 0.6) is 11.5 Å². The SMILES string of the molecule is COc1cc(C=O)ccc1OCC(=O)OCc1cc2ccccc2nc1Cl. The minimum absolute atomic E-state index is 0.0138. The smallest absolute Gasteiger partial charge is 0.344 e. The third-order valence-corrected chi connectivity index (χ3v) is 4.14. The number of benzene rings is 2. The van der Waals surface area contributed by atoms with Crippen molar-refractivity contribution in [2.45, 2.75) is 6.61 Å². The lowest BCUT2D eigenvalue weighted by Crippen LogP contribution is -2.15. The number of methoxy groups -OCH3 is 1. The molecule has 138 valence electrons. The largest absolute Gasteiger partial charge is 0.493 e. The molecule has 0 amide bonds. The van der Waals surface area contributed by atoms with Gasteiger partial charge in [-0.3, -0.25) is 4.79 Å². The molecular formula is C20H16ClNO5. The predicted molar refractivity (Wildman–Crippen MR) is 100 cm³/mol. The predicted octanol–water partition coefficient (Wildman–Crippen LogP) is 3.83. The zero-order chi connectivity index (χ0) is 19.2. The Morgan fingerprint density at radius 3 is 2.74 bits per heavy atom. The molecule has 27 heavy (non-hydrogen) atoms. The van der Waals surface area contributed by atoms with Gasteiger partial charge in [-0.1, -0.05) is 29.8 Å². The molecule has 0 fully saturated rings. The maximum Gasteiger partial charge on any atom is 0.344 e. The molecule has 3 aromatic rings. The third-order valence-electron chi connectivity index (χ3n) is 3.81. The van der Waals surface area contributed by atoms with E-state index in [-0.39, 0.29) is 18.4 Å². The van der Waals surface area contributed by atoms with Crippen molar-refractivity contribution in [1.82, 2.24) is 4.98 Å². The van der Waals surface area contributed by atoms with Crippen molar-refractivity contribution in [3.8, 4) is 11.5 Å². The molecule has 0 saturated heterocycles. The van der Waals surface area contributed by atoms with Crippen LogP contribution in [0, 0.1) is 0 Å². The number of nitrogens with zero attached hydrogens (tertiary/aromatic N) is 1. The molecule has 0 aliphatic carbocycles. The molecule has 0 aliphatic heterocycles. The summed E-state index contributed by atoms with van der Waals surface area (Å²) in [6.07, 6.45) is 0.696. The second-order valence-corrected chi connectivity index (χ2v) is 5.97. The number of aldehydes is 1. The normalized spacial score (nSPS) is 10.4. The number of pyridine rings is 1. The van der Waals surface area contributed by atoms with E-state index in [0.29, 0.717) is 28.9 Å². The van der Waals surface area contributed by atoms with Crippen molar-refractivity contribution in [2.75, 3.05) is 13.7 Å². The first-order valence-corrected chi connectivity index (χ1v) is 8.44. The number of esters is 1. The second kappa shape index (κ2) is 8.51. The van der Waals surface area contributed by atoms with Gasteiger partial charge in [0.05, 0.1) is 12.6 Å². The van der Waals surface area contributed by atoms with Gasteiger partial charge in [-0.15, -0.1) is 0 Å². The average molecular weight is 386 g/mol. The van der Waals surface area contributed by atoms with Gasteiger partial charge in [0.1, 0.15) is 18.0 Å². The van der Waals surface area contributed by atoms with E-state index < -0.39 is 5.97 Å². The quantitative estimate of drug-likeness (QED) is 0.349. The molecule has 0 spiro atoms. The van der Waals surface area contributed by atoms with Gasteiger partial charge >= 0.3 is 5.97 Å². The molecule has 0 radical (unpaired) electrons. The lowest BCUT2D eigenvalue weighted by molar-refractivity contribution is -0.147. The minimum atomic E-state index is -0.569. The first-order chi connectivity index (χ1) is 13.1. The molecule has 1 heterocycles. The zero-order valence-corrected chi connectivity index (χ0v) is 15.2. The van der Waals surface area contributed by atoms with Crippen LogP contribution in [0.3, 0.4) is 0 Å². The van der Waals surface area contributed by atoms with Crippen LogP contribution in [0.4, 0.5) is 0 Å². The van der Waals surface area contributed by atoms with Crippen LogP contribution >= 0.6 is 11.6 Å². The van der Waals surface area contributed by atoms with Crippen LogP contribution in [-0.4, -0.2) is 31.0 Å². The van der Waals surface area contributed by atoms with Gasteiger partial charge in [-0.25, -0.2) is 9.78 Å². The summed E-state index contributed by atoms with van der Waals surface area (Å²) < 4.78 is 15.8. The number of carbonyl (C=O) groups is 2. The van der Waals surface area contributed by atoms with Crippen molar-refractivity contribution < 1.29 is 23.8 Å². The maximum absolute atomic E-state index is 12.0. The highest BCUT2D eigenvalue weighted by molar-refractivity contribution is 6.30. The van der Waals surface area contributed by atoms with Gasteiger partial charge in [0, 0.05) is 16.5 Å². The van der Waals surface area contributed by atoms with Crippen LogP contribution in [0.15, 0.2) is 48.5 Å². The monoisotopic (exact) mass is 385 g/mol. The van der Waals surface area contributed by atoms with Crippen LogP contribution < -0.4 is 9.47 Å². The Hall–Kier alpha value is -3.12. The highest BCUT2D eigenvalue weighted by Crippen LogP contribution is 2.27. The highest BCUT2D eigenvalue weighted by Gasteiger charge is 2.11. The Bertz CT molecular complexity index is 989. The lowest BCUT2D eigenvalue weighted by Gasteiger charge is -2.11. The van der Waals surface area contributed by atoms with E-state index in [1.165, 1.54) is 13.2 Å². The molecule has 0 atom stereocenters. The molecule has 0 aliphatic rings. The Balaban J connectivity index is 1.60. The van der Waals surface area contributed by atoms with E-state index in [9.17, 15) is 9.59 Å². The summed E-state index contributed by atoms with van der Waals surface area (Å²) in [7, 11) is 1.45. The second-order valence-electron chi connectivity index (χ2n) is 5.61. The van der Waals surface area contributed by atoms with Crippen molar-refractivity contribution in [3.05, 3.63) is 64.8 Å². The number of rotatable bonds is 7. The van der Waals surface area contributed by atoms with E-state index in [4.69, 9.17) is 25.8 Å². The van der Waals surface area contributed by atoms with Crippen LogP contribution in [0.1, 0.15) is 15.9 Å². The Kier molecular flexibility index (Phi) is 5.88. The molecule has 0 unspecified atom stereocenters. The number of halogens is 1. The zero-order valence-electron chi connectivity index (χ0n) is 14.5. The third kappa shape index (κ3) is 4.54. The Morgan fingerprint density at radius 1 is 1.15 bits per heavy atom. The Morgan fingerprint density at radius 2 is 1.96 bits per heavy atom. The molecule has 7 heteroatoms. The van der Waals surface area contributed by atoms with E-state index in [1.807, 2.05) is 30.3 Å². The number of fused-ring (bicyclic) bond motifs is 1. The van der Waals surface area contributed by atoms with Gasteiger partial charge in [-0.2, -0.15) is 0 Å². The van der Waals surface area contributed by atoms with Gasteiger partial charge in [0.2, 0.25) is 0 Å². The fraction of sp³-hybridized carbons (Fsp3) is 0.150. The fourth-order valence-corrected chi connectivity index (χ4v) is 2.65. The van der Waals surface area contributed by atoms with Crippen molar-refractivity contribution in [3.63, 3.8) is 0 Å². The van der Waals surface area contributed by atoms with E-state index in [2.05, 4.69) is 4.98 Å². The molecule has 0 bridgehead atoms. The standard InChI is InChI=1S/C20H16ClNO5/c1-25-18-8-13(10-23)6-7-17(18)26-12-19(24)27-11-15-9-14-4-2-3-5-16(14)22-20(15)21/h2-10H,11-12H2,1H3. The summed E-state index contributed by atoms with van der Waals surface area (Å²) in [5.74, 6) is 0.125.